The number of nitrogens with two attached hydrogens (primary N) is 1. The van der Waals surface area contributed by atoms with Gasteiger partial charge in [0.15, 0.2) is 0 Å². The molecule has 1 aromatic heterocycles. The predicted octanol–water partition coefficient (Wildman–Crippen LogP) is -0.485. The lowest BCUT2D eigenvalue weighted by Crippen LogP contribution is -2.43. The molecule has 2 N–H and O–H groups in total. The minimum absolute atomic E-state index is 0.0465. The zero-order valence-corrected chi connectivity index (χ0v) is 10.8. The average Bonchev–Trinajstić information content (AvgIpc) is 2.87. The van der Waals surface area contributed by atoms with Gasteiger partial charge in [0.25, 0.3) is 0 Å². The average molecular weight is 281 g/mol. The fraction of sp³-hybridized carbons (Fsp3) is 0.545. The van der Waals surface area contributed by atoms with E-state index in [0.717, 1.165) is 0 Å². The fourth-order valence-electron chi connectivity index (χ4n) is 2.19. The number of nitrogens with zero attached hydrogens (tertiary/aromatic N) is 4. The number of likely N-dealkylation sites (tertiary alicyclic amines) is 1. The van der Waals surface area contributed by atoms with Crippen molar-refractivity contribution in [1.29, 1.82) is 0 Å². The van der Waals surface area contributed by atoms with Gasteiger partial charge in [0.05, 0.1) is 17.4 Å². The van der Waals surface area contributed by atoms with Crippen LogP contribution in [0, 0.1) is 16.0 Å². The molecule has 1 aromatic rings. The minimum Gasteiger partial charge on any atom is -0.369 e. The molecular formula is C11H15N5O4. The number of aromatic nitrogens is 2. The van der Waals surface area contributed by atoms with Crippen LogP contribution in [0.3, 0.4) is 0 Å². The summed E-state index contributed by atoms with van der Waals surface area (Å²) in [7, 11) is 0. The lowest BCUT2D eigenvalue weighted by Gasteiger charge is -2.30. The molecule has 0 unspecified atom stereocenters. The van der Waals surface area contributed by atoms with Gasteiger partial charge in [0, 0.05) is 19.0 Å². The first-order valence-corrected chi connectivity index (χ1v) is 6.22. The maximum atomic E-state index is 12.0. The van der Waals surface area contributed by atoms with Gasteiger partial charge in [-0.25, -0.2) is 0 Å². The van der Waals surface area contributed by atoms with Crippen LogP contribution in [0.5, 0.6) is 0 Å². The molecule has 20 heavy (non-hydrogen) atoms. The minimum atomic E-state index is -0.612. The Morgan fingerprint density at radius 3 is 2.60 bits per heavy atom. The van der Waals surface area contributed by atoms with Gasteiger partial charge < -0.3 is 20.7 Å². The van der Waals surface area contributed by atoms with E-state index in [-0.39, 0.29) is 30.1 Å². The molecule has 1 fully saturated rings. The highest BCUT2D eigenvalue weighted by molar-refractivity contribution is 5.78. The van der Waals surface area contributed by atoms with Gasteiger partial charge in [-0.3, -0.25) is 9.59 Å². The number of nitro groups is 1. The van der Waals surface area contributed by atoms with Crippen molar-refractivity contribution in [3.63, 3.8) is 0 Å². The highest BCUT2D eigenvalue weighted by Gasteiger charge is 2.26. The molecule has 1 aliphatic heterocycles. The monoisotopic (exact) mass is 281 g/mol. The zero-order valence-electron chi connectivity index (χ0n) is 10.8. The summed E-state index contributed by atoms with van der Waals surface area (Å²) in [6, 6.07) is 1.24. The number of carbonyl (C=O) groups excluding carboxylic acids is 2. The Morgan fingerprint density at radius 2 is 2.10 bits per heavy atom. The number of carbonyl (C=O) groups is 2. The normalized spacial score (nSPS) is 16.1. The number of piperidine rings is 1. The summed E-state index contributed by atoms with van der Waals surface area (Å²) in [5.74, 6) is -0.971. The van der Waals surface area contributed by atoms with Crippen molar-refractivity contribution in [2.24, 2.45) is 11.7 Å². The lowest BCUT2D eigenvalue weighted by atomic mass is 9.96. The molecule has 9 heteroatoms. The number of rotatable bonds is 4. The second-order valence-corrected chi connectivity index (χ2v) is 4.69. The summed E-state index contributed by atoms with van der Waals surface area (Å²) in [6.45, 7) is 0.890. The molecule has 108 valence electrons. The first kappa shape index (κ1) is 14.0. The Hall–Kier alpha value is -2.45. The second kappa shape index (κ2) is 5.68. The molecule has 2 heterocycles. The van der Waals surface area contributed by atoms with Crippen LogP contribution < -0.4 is 5.73 Å². The predicted molar refractivity (Wildman–Crippen MR) is 67.4 cm³/mol. The van der Waals surface area contributed by atoms with Crippen LogP contribution in [0.15, 0.2) is 12.3 Å². The van der Waals surface area contributed by atoms with Crippen LogP contribution in [0.1, 0.15) is 12.8 Å². The first-order valence-electron chi connectivity index (χ1n) is 6.22. The molecule has 2 amide bonds. The van der Waals surface area contributed by atoms with Crippen LogP contribution in [0.25, 0.3) is 0 Å². The number of amides is 2. The topological polar surface area (TPSA) is 124 Å². The zero-order chi connectivity index (χ0) is 14.7. The number of hydrogen-bond donors (Lipinski definition) is 1. The van der Waals surface area contributed by atoms with Crippen LogP contribution >= 0.6 is 0 Å². The summed E-state index contributed by atoms with van der Waals surface area (Å²) in [5, 5.41) is 14.2. The standard InChI is InChI=1S/C11H15N5O4/c12-11(18)8-1-4-14(5-2-8)10(17)7-15-6-3-9(13-15)16(19)20/h3,6,8H,1-2,4-5,7H2,(H2,12,18). The third-order valence-electron chi connectivity index (χ3n) is 3.36. The summed E-state index contributed by atoms with van der Waals surface area (Å²) < 4.78 is 1.24. The molecule has 1 aliphatic rings. The van der Waals surface area contributed by atoms with E-state index in [0.29, 0.717) is 25.9 Å². The Labute approximate surface area is 114 Å². The first-order chi connectivity index (χ1) is 9.47. The van der Waals surface area contributed by atoms with E-state index in [1.54, 1.807) is 4.90 Å². The van der Waals surface area contributed by atoms with E-state index in [4.69, 9.17) is 5.73 Å². The molecular weight excluding hydrogens is 266 g/mol. The molecule has 0 aliphatic carbocycles. The van der Waals surface area contributed by atoms with Crippen molar-refractivity contribution in [3.05, 3.63) is 22.4 Å². The van der Waals surface area contributed by atoms with Gasteiger partial charge in [0.2, 0.25) is 11.8 Å². The highest BCUT2D eigenvalue weighted by Crippen LogP contribution is 2.17. The molecule has 0 saturated carbocycles. The largest absolute Gasteiger partial charge is 0.389 e. The van der Waals surface area contributed by atoms with Crippen molar-refractivity contribution in [2.45, 2.75) is 19.4 Å². The molecule has 0 bridgehead atoms. The Morgan fingerprint density at radius 1 is 1.45 bits per heavy atom. The van der Waals surface area contributed by atoms with E-state index in [1.165, 1.54) is 16.9 Å². The van der Waals surface area contributed by atoms with Crippen molar-refractivity contribution < 1.29 is 14.5 Å². The second-order valence-electron chi connectivity index (χ2n) is 4.69. The van der Waals surface area contributed by atoms with Crippen molar-refractivity contribution >= 4 is 17.6 Å². The Bertz CT molecular complexity index is 533. The Balaban J connectivity index is 1.89. The van der Waals surface area contributed by atoms with Gasteiger partial charge in [0.1, 0.15) is 6.54 Å². The molecule has 2 rings (SSSR count). The molecule has 0 spiro atoms. The van der Waals surface area contributed by atoms with E-state index in [9.17, 15) is 19.7 Å². The van der Waals surface area contributed by atoms with Crippen molar-refractivity contribution in [2.75, 3.05) is 13.1 Å². The molecule has 9 nitrogen and oxygen atoms in total. The smallest absolute Gasteiger partial charge is 0.369 e. The third kappa shape index (κ3) is 3.11. The van der Waals surface area contributed by atoms with Gasteiger partial charge in [-0.15, -0.1) is 0 Å². The third-order valence-corrected chi connectivity index (χ3v) is 3.36. The SMILES string of the molecule is NC(=O)C1CCN(C(=O)Cn2ccc([N+](=O)[O-])n2)CC1. The van der Waals surface area contributed by atoms with E-state index in [2.05, 4.69) is 5.10 Å². The molecule has 1 saturated heterocycles. The molecule has 0 aromatic carbocycles. The summed E-state index contributed by atoms with van der Waals surface area (Å²) in [4.78, 5) is 34.5. The van der Waals surface area contributed by atoms with Crippen molar-refractivity contribution in [3.8, 4) is 0 Å². The quantitative estimate of drug-likeness (QED) is 0.589. The van der Waals surface area contributed by atoms with E-state index < -0.39 is 4.92 Å². The maximum absolute atomic E-state index is 12.0. The Kier molecular flexibility index (Phi) is 3.97. The van der Waals surface area contributed by atoms with Gasteiger partial charge >= 0.3 is 5.82 Å². The molecule has 0 atom stereocenters. The maximum Gasteiger partial charge on any atom is 0.389 e. The van der Waals surface area contributed by atoms with E-state index in [1.807, 2.05) is 0 Å². The summed E-state index contributed by atoms with van der Waals surface area (Å²) in [5.41, 5.74) is 5.22. The van der Waals surface area contributed by atoms with Gasteiger partial charge in [-0.1, -0.05) is 0 Å². The van der Waals surface area contributed by atoms with Gasteiger partial charge in [-0.2, -0.15) is 4.68 Å². The summed E-state index contributed by atoms with van der Waals surface area (Å²) in [6.07, 6.45) is 2.51. The lowest BCUT2D eigenvalue weighted by molar-refractivity contribution is -0.389. The van der Waals surface area contributed by atoms with Crippen LogP contribution in [-0.4, -0.2) is 44.5 Å². The van der Waals surface area contributed by atoms with Crippen LogP contribution in [0.2, 0.25) is 0 Å². The number of primary amides is 1. The summed E-state index contributed by atoms with van der Waals surface area (Å²) >= 11 is 0. The molecule has 0 radical (unpaired) electrons. The van der Waals surface area contributed by atoms with Crippen molar-refractivity contribution in [1.82, 2.24) is 14.7 Å². The van der Waals surface area contributed by atoms with Crippen LogP contribution in [0.4, 0.5) is 5.82 Å². The van der Waals surface area contributed by atoms with Crippen LogP contribution in [-0.2, 0) is 16.1 Å². The fourth-order valence-corrected chi connectivity index (χ4v) is 2.19. The highest BCUT2D eigenvalue weighted by atomic mass is 16.6. The van der Waals surface area contributed by atoms with Gasteiger partial charge in [-0.05, 0) is 17.8 Å². The van der Waals surface area contributed by atoms with E-state index >= 15 is 0 Å². The number of hydrogen-bond acceptors (Lipinski definition) is 5.